The molecule has 2 aliphatic heterocycles. The van der Waals surface area contributed by atoms with Crippen LogP contribution in [0.5, 0.6) is 0 Å². The lowest BCUT2D eigenvalue weighted by Crippen LogP contribution is -2.52. The van der Waals surface area contributed by atoms with Gasteiger partial charge in [-0.15, -0.1) is 0 Å². The highest BCUT2D eigenvalue weighted by atomic mass is 19.1. The Labute approximate surface area is 140 Å². The van der Waals surface area contributed by atoms with E-state index >= 15 is 0 Å². The minimum atomic E-state index is -0.846. The van der Waals surface area contributed by atoms with Crippen LogP contribution in [0.1, 0.15) is 12.8 Å². The second-order valence-electron chi connectivity index (χ2n) is 6.31. The molecule has 1 atom stereocenters. The van der Waals surface area contributed by atoms with Crippen molar-refractivity contribution in [1.82, 2.24) is 9.80 Å². The average molecular weight is 335 g/mol. The third kappa shape index (κ3) is 3.67. The molecular weight excluding hydrogens is 313 g/mol. The van der Waals surface area contributed by atoms with E-state index in [0.717, 1.165) is 12.1 Å². The zero-order valence-corrected chi connectivity index (χ0v) is 13.5. The Morgan fingerprint density at radius 2 is 1.75 bits per heavy atom. The predicted molar refractivity (Wildman–Crippen MR) is 87.4 cm³/mol. The van der Waals surface area contributed by atoms with Gasteiger partial charge in [-0.2, -0.15) is 0 Å². The first kappa shape index (κ1) is 16.7. The molecule has 0 bridgehead atoms. The number of halogens is 1. The number of carbonyl (C=O) groups is 2. The molecule has 0 saturated carbocycles. The smallest absolute Gasteiger partial charge is 0.320 e. The number of hydrogen-bond acceptors (Lipinski definition) is 4. The Hall–Kier alpha value is -2.15. The molecule has 1 amide bonds. The first-order valence-electron chi connectivity index (χ1n) is 8.30. The van der Waals surface area contributed by atoms with Crippen molar-refractivity contribution in [2.75, 3.05) is 44.2 Å². The minimum absolute atomic E-state index is 0.0121. The summed E-state index contributed by atoms with van der Waals surface area (Å²) >= 11 is 0. The van der Waals surface area contributed by atoms with Crippen molar-refractivity contribution in [1.29, 1.82) is 0 Å². The summed E-state index contributed by atoms with van der Waals surface area (Å²) in [7, 11) is 0. The highest BCUT2D eigenvalue weighted by Crippen LogP contribution is 2.19. The Morgan fingerprint density at radius 1 is 1.08 bits per heavy atom. The van der Waals surface area contributed by atoms with Crippen molar-refractivity contribution in [3.05, 3.63) is 30.1 Å². The van der Waals surface area contributed by atoms with Crippen LogP contribution >= 0.6 is 0 Å². The predicted octanol–water partition coefficient (Wildman–Crippen LogP) is 1.02. The summed E-state index contributed by atoms with van der Waals surface area (Å²) in [6.45, 7) is 3.43. The van der Waals surface area contributed by atoms with Crippen molar-refractivity contribution in [3.8, 4) is 0 Å². The largest absolute Gasteiger partial charge is 0.480 e. The van der Waals surface area contributed by atoms with Crippen LogP contribution in [0.3, 0.4) is 0 Å². The fourth-order valence-electron chi connectivity index (χ4n) is 3.43. The highest BCUT2D eigenvalue weighted by molar-refractivity contribution is 5.80. The van der Waals surface area contributed by atoms with Gasteiger partial charge in [0, 0.05) is 31.9 Å². The van der Waals surface area contributed by atoms with Gasteiger partial charge in [0.25, 0.3) is 0 Å². The van der Waals surface area contributed by atoms with Gasteiger partial charge in [0.05, 0.1) is 6.54 Å². The van der Waals surface area contributed by atoms with E-state index in [2.05, 4.69) is 4.90 Å². The third-order valence-corrected chi connectivity index (χ3v) is 4.81. The molecule has 1 aromatic rings. The molecule has 6 nitrogen and oxygen atoms in total. The standard InChI is InChI=1S/C17H22FN3O3/c18-13-3-5-14(6-4-13)19-8-10-20(11-9-19)16(22)12-21-7-1-2-15(21)17(23)24/h3-6,15H,1-2,7-12H2,(H,23,24)/t15-/m1/s1. The van der Waals surface area contributed by atoms with Gasteiger partial charge in [0.2, 0.25) is 5.91 Å². The summed E-state index contributed by atoms with van der Waals surface area (Å²) in [5.74, 6) is -1.12. The fourth-order valence-corrected chi connectivity index (χ4v) is 3.43. The highest BCUT2D eigenvalue weighted by Gasteiger charge is 2.33. The molecule has 130 valence electrons. The van der Waals surface area contributed by atoms with Gasteiger partial charge < -0.3 is 14.9 Å². The lowest BCUT2D eigenvalue weighted by molar-refractivity contribution is -0.143. The number of benzene rings is 1. The maximum absolute atomic E-state index is 13.0. The lowest BCUT2D eigenvalue weighted by atomic mass is 10.2. The zero-order valence-electron chi connectivity index (χ0n) is 13.5. The Balaban J connectivity index is 1.52. The number of nitrogens with zero attached hydrogens (tertiary/aromatic N) is 3. The summed E-state index contributed by atoms with van der Waals surface area (Å²) in [5.41, 5.74) is 0.953. The molecule has 2 fully saturated rings. The molecule has 0 aliphatic carbocycles. The number of piperazine rings is 1. The molecule has 0 unspecified atom stereocenters. The van der Waals surface area contributed by atoms with Gasteiger partial charge in [-0.3, -0.25) is 14.5 Å². The van der Waals surface area contributed by atoms with Crippen molar-refractivity contribution in [2.45, 2.75) is 18.9 Å². The van der Waals surface area contributed by atoms with Crippen LogP contribution in [0.4, 0.5) is 10.1 Å². The molecule has 3 rings (SSSR count). The molecule has 7 heteroatoms. The van der Waals surface area contributed by atoms with Crippen molar-refractivity contribution >= 4 is 17.6 Å². The summed E-state index contributed by atoms with van der Waals surface area (Å²) < 4.78 is 13.0. The number of aliphatic carboxylic acids is 1. The normalized spacial score (nSPS) is 22.0. The molecule has 0 aromatic heterocycles. The van der Waals surface area contributed by atoms with E-state index in [1.165, 1.54) is 12.1 Å². The third-order valence-electron chi connectivity index (χ3n) is 4.81. The van der Waals surface area contributed by atoms with Gasteiger partial charge in [-0.25, -0.2) is 4.39 Å². The van der Waals surface area contributed by atoms with Crippen molar-refractivity contribution in [3.63, 3.8) is 0 Å². The number of carboxylic acids is 1. The van der Waals surface area contributed by atoms with Gasteiger partial charge in [0.15, 0.2) is 0 Å². The number of anilines is 1. The zero-order chi connectivity index (χ0) is 17.1. The molecular formula is C17H22FN3O3. The summed E-state index contributed by atoms with van der Waals surface area (Å²) in [6, 6.07) is 5.83. The van der Waals surface area contributed by atoms with Crippen molar-refractivity contribution in [2.24, 2.45) is 0 Å². The monoisotopic (exact) mass is 335 g/mol. The maximum Gasteiger partial charge on any atom is 0.320 e. The lowest BCUT2D eigenvalue weighted by Gasteiger charge is -2.37. The van der Waals surface area contributed by atoms with Crippen LogP contribution in [0.15, 0.2) is 24.3 Å². The van der Waals surface area contributed by atoms with E-state index < -0.39 is 12.0 Å². The first-order chi connectivity index (χ1) is 11.5. The van der Waals surface area contributed by atoms with Crippen LogP contribution < -0.4 is 4.90 Å². The van der Waals surface area contributed by atoms with Gasteiger partial charge in [0.1, 0.15) is 11.9 Å². The van der Waals surface area contributed by atoms with E-state index in [4.69, 9.17) is 0 Å². The van der Waals surface area contributed by atoms with Crippen LogP contribution in [-0.4, -0.2) is 72.1 Å². The van der Waals surface area contributed by atoms with E-state index in [1.54, 1.807) is 21.9 Å². The number of amides is 1. The molecule has 1 N–H and O–H groups in total. The number of carbonyl (C=O) groups excluding carboxylic acids is 1. The Bertz CT molecular complexity index is 600. The van der Waals surface area contributed by atoms with E-state index in [9.17, 15) is 19.1 Å². The second-order valence-corrected chi connectivity index (χ2v) is 6.31. The molecule has 2 heterocycles. The average Bonchev–Trinajstić information content (AvgIpc) is 3.04. The molecule has 0 spiro atoms. The summed E-state index contributed by atoms with van der Waals surface area (Å²) in [4.78, 5) is 29.3. The molecule has 24 heavy (non-hydrogen) atoms. The molecule has 2 saturated heterocycles. The number of hydrogen-bond donors (Lipinski definition) is 1. The van der Waals surface area contributed by atoms with Crippen LogP contribution in [0.25, 0.3) is 0 Å². The Kier molecular flexibility index (Phi) is 4.99. The fraction of sp³-hybridized carbons (Fsp3) is 0.529. The summed E-state index contributed by atoms with van der Waals surface area (Å²) in [6.07, 6.45) is 1.43. The minimum Gasteiger partial charge on any atom is -0.480 e. The Morgan fingerprint density at radius 3 is 2.38 bits per heavy atom. The van der Waals surface area contributed by atoms with E-state index in [1.807, 2.05) is 0 Å². The number of likely N-dealkylation sites (tertiary alicyclic amines) is 1. The first-order valence-corrected chi connectivity index (χ1v) is 8.30. The van der Waals surface area contributed by atoms with Gasteiger partial charge >= 0.3 is 5.97 Å². The van der Waals surface area contributed by atoms with Crippen LogP contribution in [-0.2, 0) is 9.59 Å². The second kappa shape index (κ2) is 7.17. The van der Waals surface area contributed by atoms with E-state index in [-0.39, 0.29) is 18.3 Å². The topological polar surface area (TPSA) is 64.1 Å². The number of carboxylic acid groups (broad SMARTS) is 1. The van der Waals surface area contributed by atoms with Crippen LogP contribution in [0.2, 0.25) is 0 Å². The van der Waals surface area contributed by atoms with Crippen LogP contribution in [0, 0.1) is 5.82 Å². The molecule has 0 radical (unpaired) electrons. The summed E-state index contributed by atoms with van der Waals surface area (Å²) in [5, 5.41) is 9.19. The maximum atomic E-state index is 13.0. The number of rotatable bonds is 4. The van der Waals surface area contributed by atoms with Crippen molar-refractivity contribution < 1.29 is 19.1 Å². The van der Waals surface area contributed by atoms with Gasteiger partial charge in [-0.05, 0) is 43.7 Å². The molecule has 2 aliphatic rings. The van der Waals surface area contributed by atoms with E-state index in [0.29, 0.717) is 39.1 Å². The quantitative estimate of drug-likeness (QED) is 0.890. The SMILES string of the molecule is O=C(O)[C@H]1CCCN1CC(=O)N1CCN(c2ccc(F)cc2)CC1. The van der Waals surface area contributed by atoms with Gasteiger partial charge in [-0.1, -0.05) is 0 Å². The molecule has 1 aromatic carbocycles.